The Morgan fingerprint density at radius 3 is 2.32 bits per heavy atom. The van der Waals surface area contributed by atoms with Crippen molar-refractivity contribution in [2.45, 2.75) is 19.1 Å². The molecule has 0 aliphatic rings. The molecule has 0 radical (unpaired) electrons. The van der Waals surface area contributed by atoms with E-state index in [0.29, 0.717) is 6.42 Å². The van der Waals surface area contributed by atoms with E-state index in [4.69, 9.17) is 15.9 Å². The fraction of sp³-hybridized carbons (Fsp3) is 0.250. The lowest BCUT2D eigenvalue weighted by atomic mass is 9.99. The second-order valence-electron chi connectivity index (χ2n) is 4.60. The summed E-state index contributed by atoms with van der Waals surface area (Å²) in [6.45, 7) is 0.148. The van der Waals surface area contributed by atoms with Crippen LogP contribution in [-0.2, 0) is 6.61 Å². The summed E-state index contributed by atoms with van der Waals surface area (Å²) in [6.07, 6.45) is 0.569. The zero-order valence-corrected chi connectivity index (χ0v) is 10.8. The van der Waals surface area contributed by atoms with Crippen molar-refractivity contribution in [3.8, 4) is 11.1 Å². The highest BCUT2D eigenvalue weighted by molar-refractivity contribution is 5.64. The van der Waals surface area contributed by atoms with Crippen LogP contribution in [0.3, 0.4) is 0 Å². The largest absolute Gasteiger partial charge is 0.396 e. The van der Waals surface area contributed by atoms with Crippen LogP contribution in [0, 0.1) is 0 Å². The maximum atomic E-state index is 9.14. The van der Waals surface area contributed by atoms with Gasteiger partial charge in [-0.1, -0.05) is 42.5 Å². The maximum absolute atomic E-state index is 9.14. The Morgan fingerprint density at radius 2 is 1.68 bits per heavy atom. The number of aliphatic hydroxyl groups is 2. The van der Waals surface area contributed by atoms with E-state index in [1.54, 1.807) is 0 Å². The lowest BCUT2D eigenvalue weighted by molar-refractivity contribution is 0.276. The van der Waals surface area contributed by atoms with Gasteiger partial charge in [0.2, 0.25) is 0 Å². The van der Waals surface area contributed by atoms with E-state index in [1.165, 1.54) is 0 Å². The van der Waals surface area contributed by atoms with Gasteiger partial charge in [-0.3, -0.25) is 0 Å². The van der Waals surface area contributed by atoms with Crippen molar-refractivity contribution < 1.29 is 10.2 Å². The molecule has 0 fully saturated rings. The third-order valence-electron chi connectivity index (χ3n) is 3.22. The van der Waals surface area contributed by atoms with Gasteiger partial charge in [-0.25, -0.2) is 0 Å². The minimum absolute atomic E-state index is 0.0489. The van der Waals surface area contributed by atoms with Crippen LogP contribution >= 0.6 is 0 Å². The summed E-state index contributed by atoms with van der Waals surface area (Å²) >= 11 is 0. The predicted octanol–water partition coefficient (Wildman–Crippen LogP) is 2.23. The molecule has 1 atom stereocenters. The molecule has 2 aromatic rings. The summed E-state index contributed by atoms with van der Waals surface area (Å²) in [5, 5.41) is 18.0. The molecule has 100 valence electrons. The predicted molar refractivity (Wildman–Crippen MR) is 76.4 cm³/mol. The summed E-state index contributed by atoms with van der Waals surface area (Å²) < 4.78 is 0. The highest BCUT2D eigenvalue weighted by Gasteiger charge is 2.05. The molecule has 0 aromatic heterocycles. The van der Waals surface area contributed by atoms with Crippen molar-refractivity contribution in [1.82, 2.24) is 0 Å². The molecule has 0 amide bonds. The number of hydrogen-bond donors (Lipinski definition) is 3. The lowest BCUT2D eigenvalue weighted by Crippen LogP contribution is -2.11. The lowest BCUT2D eigenvalue weighted by Gasteiger charge is -2.11. The Morgan fingerprint density at radius 1 is 0.947 bits per heavy atom. The minimum atomic E-state index is -0.122. The smallest absolute Gasteiger partial charge is 0.0682 e. The van der Waals surface area contributed by atoms with Gasteiger partial charge < -0.3 is 15.9 Å². The molecule has 0 saturated carbocycles. The molecule has 0 saturated heterocycles. The third kappa shape index (κ3) is 3.41. The zero-order valence-electron chi connectivity index (χ0n) is 10.8. The summed E-state index contributed by atoms with van der Waals surface area (Å²) in [6, 6.07) is 15.7. The first-order valence-electron chi connectivity index (χ1n) is 6.41. The average molecular weight is 257 g/mol. The fourth-order valence-electron chi connectivity index (χ4n) is 2.08. The van der Waals surface area contributed by atoms with Crippen LogP contribution in [0.15, 0.2) is 48.5 Å². The molecule has 0 aliphatic carbocycles. The van der Waals surface area contributed by atoms with E-state index in [2.05, 4.69) is 0 Å². The van der Waals surface area contributed by atoms with E-state index < -0.39 is 0 Å². The van der Waals surface area contributed by atoms with Gasteiger partial charge in [-0.2, -0.15) is 0 Å². The van der Waals surface area contributed by atoms with Crippen molar-refractivity contribution in [3.63, 3.8) is 0 Å². The first kappa shape index (κ1) is 13.7. The summed E-state index contributed by atoms with van der Waals surface area (Å²) in [5.74, 6) is 0. The van der Waals surface area contributed by atoms with Crippen LogP contribution in [0.25, 0.3) is 11.1 Å². The van der Waals surface area contributed by atoms with E-state index in [-0.39, 0.29) is 19.3 Å². The van der Waals surface area contributed by atoms with E-state index in [0.717, 1.165) is 22.3 Å². The number of aliphatic hydroxyl groups excluding tert-OH is 2. The molecular formula is C16H19NO2. The summed E-state index contributed by atoms with van der Waals surface area (Å²) in [7, 11) is 0. The topological polar surface area (TPSA) is 66.5 Å². The average Bonchev–Trinajstić information content (AvgIpc) is 2.48. The van der Waals surface area contributed by atoms with Gasteiger partial charge in [0, 0.05) is 12.6 Å². The summed E-state index contributed by atoms with van der Waals surface area (Å²) in [4.78, 5) is 0. The maximum Gasteiger partial charge on any atom is 0.0682 e. The Kier molecular flexibility index (Phi) is 4.68. The van der Waals surface area contributed by atoms with Gasteiger partial charge in [0.15, 0.2) is 0 Å². The SMILES string of the molecule is NC(CCO)c1ccc(-c2cccc(CO)c2)cc1. The molecule has 2 rings (SSSR count). The molecule has 3 heteroatoms. The molecule has 3 nitrogen and oxygen atoms in total. The third-order valence-corrected chi connectivity index (χ3v) is 3.22. The van der Waals surface area contributed by atoms with Gasteiger partial charge in [0.05, 0.1) is 6.61 Å². The van der Waals surface area contributed by atoms with Crippen molar-refractivity contribution >= 4 is 0 Å². The monoisotopic (exact) mass is 257 g/mol. The number of hydrogen-bond acceptors (Lipinski definition) is 3. The van der Waals surface area contributed by atoms with Crippen molar-refractivity contribution in [3.05, 3.63) is 59.7 Å². The fourth-order valence-corrected chi connectivity index (χ4v) is 2.08. The van der Waals surface area contributed by atoms with Crippen molar-refractivity contribution in [1.29, 1.82) is 0 Å². The van der Waals surface area contributed by atoms with Crippen molar-refractivity contribution in [2.24, 2.45) is 5.73 Å². The second-order valence-corrected chi connectivity index (χ2v) is 4.60. The molecule has 0 bridgehead atoms. The molecule has 0 spiro atoms. The van der Waals surface area contributed by atoms with Gasteiger partial charge in [-0.05, 0) is 34.7 Å². The Bertz CT molecular complexity index is 523. The molecule has 0 heterocycles. The van der Waals surface area contributed by atoms with Gasteiger partial charge >= 0.3 is 0 Å². The molecule has 0 aliphatic heterocycles. The van der Waals surface area contributed by atoms with E-state index >= 15 is 0 Å². The van der Waals surface area contributed by atoms with Crippen LogP contribution in [0.4, 0.5) is 0 Å². The van der Waals surface area contributed by atoms with Gasteiger partial charge in [0.1, 0.15) is 0 Å². The van der Waals surface area contributed by atoms with Gasteiger partial charge in [-0.15, -0.1) is 0 Å². The summed E-state index contributed by atoms with van der Waals surface area (Å²) in [5.41, 5.74) is 10.0. The molecule has 1 unspecified atom stereocenters. The van der Waals surface area contributed by atoms with Gasteiger partial charge in [0.25, 0.3) is 0 Å². The van der Waals surface area contributed by atoms with Crippen LogP contribution < -0.4 is 5.73 Å². The molecular weight excluding hydrogens is 238 g/mol. The number of nitrogens with two attached hydrogens (primary N) is 1. The Hall–Kier alpha value is -1.68. The Balaban J connectivity index is 2.22. The highest BCUT2D eigenvalue weighted by Crippen LogP contribution is 2.23. The highest BCUT2D eigenvalue weighted by atomic mass is 16.3. The second kappa shape index (κ2) is 6.48. The standard InChI is InChI=1S/C16H19NO2/c17-16(8-9-18)14-6-4-13(5-7-14)15-3-1-2-12(10-15)11-19/h1-7,10,16,18-19H,8-9,11,17H2. The Labute approximate surface area is 113 Å². The first-order valence-corrected chi connectivity index (χ1v) is 6.41. The number of benzene rings is 2. The molecule has 19 heavy (non-hydrogen) atoms. The van der Waals surface area contributed by atoms with Crippen LogP contribution in [0.2, 0.25) is 0 Å². The van der Waals surface area contributed by atoms with Crippen LogP contribution in [0.1, 0.15) is 23.6 Å². The quantitative estimate of drug-likeness (QED) is 0.769. The zero-order chi connectivity index (χ0) is 13.7. The van der Waals surface area contributed by atoms with E-state index in [9.17, 15) is 0 Å². The van der Waals surface area contributed by atoms with Crippen LogP contribution in [-0.4, -0.2) is 16.8 Å². The normalized spacial score (nSPS) is 12.4. The first-order chi connectivity index (χ1) is 9.24. The number of rotatable bonds is 5. The van der Waals surface area contributed by atoms with Crippen LogP contribution in [0.5, 0.6) is 0 Å². The van der Waals surface area contributed by atoms with Crippen molar-refractivity contribution in [2.75, 3.05) is 6.61 Å². The molecule has 2 aromatic carbocycles. The van der Waals surface area contributed by atoms with E-state index in [1.807, 2.05) is 48.5 Å². The molecule has 4 N–H and O–H groups in total. The minimum Gasteiger partial charge on any atom is -0.396 e.